The molecule has 0 aliphatic carbocycles. The lowest BCUT2D eigenvalue weighted by molar-refractivity contribution is 0.654. The van der Waals surface area contributed by atoms with Crippen LogP contribution in [0, 0.1) is 0 Å². The lowest BCUT2D eigenvalue weighted by Gasteiger charge is -2.25. The highest BCUT2D eigenvalue weighted by Crippen LogP contribution is 2.31. The van der Waals surface area contributed by atoms with Crippen LogP contribution in [0.15, 0.2) is 24.8 Å². The van der Waals surface area contributed by atoms with Gasteiger partial charge in [0.2, 0.25) is 0 Å². The molecule has 0 saturated heterocycles. The van der Waals surface area contributed by atoms with E-state index >= 15 is 0 Å². The van der Waals surface area contributed by atoms with Crippen molar-refractivity contribution in [1.82, 2.24) is 0 Å². The first-order valence-corrected chi connectivity index (χ1v) is 4.57. The van der Waals surface area contributed by atoms with E-state index in [0.29, 0.717) is 0 Å². The van der Waals surface area contributed by atoms with Gasteiger partial charge in [0.05, 0.1) is 0 Å². The average Bonchev–Trinajstić information content (AvgIpc) is 2.18. The van der Waals surface area contributed by atoms with E-state index in [0.717, 1.165) is 24.2 Å². The van der Waals surface area contributed by atoms with Crippen molar-refractivity contribution >= 4 is 11.8 Å². The van der Waals surface area contributed by atoms with Crippen molar-refractivity contribution in [2.75, 3.05) is 11.9 Å². The second kappa shape index (κ2) is 3.23. The van der Waals surface area contributed by atoms with Crippen LogP contribution < -0.4 is 11.1 Å². The van der Waals surface area contributed by atoms with E-state index < -0.39 is 0 Å². The molecule has 68 valence electrons. The number of hydrogen-bond donors (Lipinski definition) is 2. The highest BCUT2D eigenvalue weighted by atomic mass is 14.9. The smallest absolute Gasteiger partial charge is 0.0462 e. The molecule has 0 aromatic heterocycles. The Bertz CT molecular complexity index is 331. The molecule has 1 heterocycles. The molecule has 0 radical (unpaired) electrons. The summed E-state index contributed by atoms with van der Waals surface area (Å²) in [4.78, 5) is 0. The molecule has 0 spiro atoms. The van der Waals surface area contributed by atoms with Crippen LogP contribution in [-0.2, 0) is 0 Å². The second-order valence-corrected chi connectivity index (χ2v) is 3.34. The van der Waals surface area contributed by atoms with Gasteiger partial charge in [0.1, 0.15) is 0 Å². The monoisotopic (exact) mass is 174 g/mol. The second-order valence-electron chi connectivity index (χ2n) is 3.34. The minimum Gasteiger partial charge on any atom is -0.384 e. The van der Waals surface area contributed by atoms with Crippen LogP contribution in [0.2, 0.25) is 0 Å². The van der Waals surface area contributed by atoms with Gasteiger partial charge in [0, 0.05) is 18.3 Å². The van der Waals surface area contributed by atoms with Crippen molar-refractivity contribution in [2.45, 2.75) is 12.5 Å². The number of hydrogen-bond acceptors (Lipinski definition) is 2. The summed E-state index contributed by atoms with van der Waals surface area (Å²) in [6, 6.07) is 6.34. The minimum absolute atomic E-state index is 0.177. The molecular formula is C11H14N2. The quantitative estimate of drug-likeness (QED) is 0.684. The molecule has 1 aromatic carbocycles. The van der Waals surface area contributed by atoms with Gasteiger partial charge in [-0.1, -0.05) is 30.9 Å². The summed E-state index contributed by atoms with van der Waals surface area (Å²) in [7, 11) is 0. The summed E-state index contributed by atoms with van der Waals surface area (Å²) in [6.07, 6.45) is 2.87. The van der Waals surface area contributed by atoms with Gasteiger partial charge in [-0.05, 0) is 17.5 Å². The molecule has 0 amide bonds. The molecule has 0 unspecified atom stereocenters. The SMILES string of the molecule is C=Cc1cccc2c1NCC[C@@H]2N. The highest BCUT2D eigenvalue weighted by molar-refractivity contribution is 5.70. The maximum absolute atomic E-state index is 6.00. The van der Waals surface area contributed by atoms with E-state index in [-0.39, 0.29) is 6.04 Å². The molecule has 0 fully saturated rings. The minimum atomic E-state index is 0.177. The zero-order valence-electron chi connectivity index (χ0n) is 7.59. The van der Waals surface area contributed by atoms with Crippen LogP contribution in [0.25, 0.3) is 6.08 Å². The summed E-state index contributed by atoms with van der Waals surface area (Å²) >= 11 is 0. The molecule has 2 rings (SSSR count). The number of rotatable bonds is 1. The Labute approximate surface area is 78.5 Å². The summed E-state index contributed by atoms with van der Waals surface area (Å²) in [5, 5.41) is 3.36. The summed E-state index contributed by atoms with van der Waals surface area (Å²) in [5.41, 5.74) is 9.52. The molecule has 1 aliphatic rings. The van der Waals surface area contributed by atoms with Gasteiger partial charge >= 0.3 is 0 Å². The van der Waals surface area contributed by atoms with E-state index in [4.69, 9.17) is 5.73 Å². The topological polar surface area (TPSA) is 38.0 Å². The highest BCUT2D eigenvalue weighted by Gasteiger charge is 2.17. The Hall–Kier alpha value is -1.28. The number of para-hydroxylation sites is 1. The van der Waals surface area contributed by atoms with Crippen molar-refractivity contribution in [3.63, 3.8) is 0 Å². The first kappa shape index (κ1) is 8.32. The molecule has 0 saturated carbocycles. The van der Waals surface area contributed by atoms with Crippen molar-refractivity contribution in [1.29, 1.82) is 0 Å². The number of benzene rings is 1. The number of nitrogens with one attached hydrogen (secondary N) is 1. The fourth-order valence-electron chi connectivity index (χ4n) is 1.78. The molecule has 1 atom stereocenters. The summed E-state index contributed by atoms with van der Waals surface area (Å²) < 4.78 is 0. The lowest BCUT2D eigenvalue weighted by atomic mass is 9.95. The van der Waals surface area contributed by atoms with Gasteiger partial charge in [-0.3, -0.25) is 0 Å². The van der Waals surface area contributed by atoms with Crippen molar-refractivity contribution in [3.8, 4) is 0 Å². The van der Waals surface area contributed by atoms with Crippen LogP contribution in [0.4, 0.5) is 5.69 Å². The molecule has 3 N–H and O–H groups in total. The van der Waals surface area contributed by atoms with Gasteiger partial charge in [-0.2, -0.15) is 0 Å². The Balaban J connectivity index is 2.54. The molecule has 1 aliphatic heterocycles. The Morgan fingerprint density at radius 3 is 3.15 bits per heavy atom. The van der Waals surface area contributed by atoms with Gasteiger partial charge in [0.25, 0.3) is 0 Å². The number of fused-ring (bicyclic) bond motifs is 1. The van der Waals surface area contributed by atoms with Gasteiger partial charge in [-0.25, -0.2) is 0 Å². The van der Waals surface area contributed by atoms with E-state index in [9.17, 15) is 0 Å². The third kappa shape index (κ3) is 1.33. The molecular weight excluding hydrogens is 160 g/mol. The van der Waals surface area contributed by atoms with Crippen molar-refractivity contribution < 1.29 is 0 Å². The van der Waals surface area contributed by atoms with Crippen LogP contribution in [0.1, 0.15) is 23.6 Å². The fourth-order valence-corrected chi connectivity index (χ4v) is 1.78. The standard InChI is InChI=1S/C11H14N2/c1-2-8-4-3-5-9-10(12)6-7-13-11(8)9/h2-5,10,13H,1,6-7,12H2/t10-/m0/s1. The van der Waals surface area contributed by atoms with Crippen LogP contribution in [-0.4, -0.2) is 6.54 Å². The number of nitrogens with two attached hydrogens (primary N) is 1. The predicted molar refractivity (Wildman–Crippen MR) is 56.6 cm³/mol. The predicted octanol–water partition coefficient (Wildman–Crippen LogP) is 2.14. The lowest BCUT2D eigenvalue weighted by Crippen LogP contribution is -2.22. The number of anilines is 1. The van der Waals surface area contributed by atoms with E-state index in [2.05, 4.69) is 24.0 Å². The van der Waals surface area contributed by atoms with Gasteiger partial charge < -0.3 is 11.1 Å². The zero-order valence-corrected chi connectivity index (χ0v) is 7.59. The largest absolute Gasteiger partial charge is 0.384 e. The Morgan fingerprint density at radius 1 is 1.54 bits per heavy atom. The van der Waals surface area contributed by atoms with Crippen molar-refractivity contribution in [3.05, 3.63) is 35.9 Å². The third-order valence-electron chi connectivity index (χ3n) is 2.51. The Morgan fingerprint density at radius 2 is 2.38 bits per heavy atom. The maximum atomic E-state index is 6.00. The zero-order chi connectivity index (χ0) is 9.26. The van der Waals surface area contributed by atoms with E-state index in [1.807, 2.05) is 12.1 Å². The maximum Gasteiger partial charge on any atom is 0.0462 e. The van der Waals surface area contributed by atoms with Crippen LogP contribution in [0.3, 0.4) is 0 Å². The molecule has 2 nitrogen and oxygen atoms in total. The normalized spacial score (nSPS) is 20.2. The average molecular weight is 174 g/mol. The fraction of sp³-hybridized carbons (Fsp3) is 0.273. The Kier molecular flexibility index (Phi) is 2.07. The molecule has 1 aromatic rings. The first-order valence-electron chi connectivity index (χ1n) is 4.57. The van der Waals surface area contributed by atoms with Crippen LogP contribution >= 0.6 is 0 Å². The summed E-state index contributed by atoms with van der Waals surface area (Å²) in [6.45, 7) is 4.74. The van der Waals surface area contributed by atoms with Crippen LogP contribution in [0.5, 0.6) is 0 Å². The van der Waals surface area contributed by atoms with Gasteiger partial charge in [-0.15, -0.1) is 0 Å². The third-order valence-corrected chi connectivity index (χ3v) is 2.51. The molecule has 13 heavy (non-hydrogen) atoms. The molecule has 0 bridgehead atoms. The van der Waals surface area contributed by atoms with E-state index in [1.165, 1.54) is 5.56 Å². The summed E-state index contributed by atoms with van der Waals surface area (Å²) in [5.74, 6) is 0. The van der Waals surface area contributed by atoms with E-state index in [1.54, 1.807) is 0 Å². The van der Waals surface area contributed by atoms with Gasteiger partial charge in [0.15, 0.2) is 0 Å². The molecule has 2 heteroatoms. The van der Waals surface area contributed by atoms with Crippen molar-refractivity contribution in [2.24, 2.45) is 5.73 Å². The first-order chi connectivity index (χ1) is 6.33.